The van der Waals surface area contributed by atoms with E-state index in [9.17, 15) is 9.90 Å². The number of ketones is 1. The van der Waals surface area contributed by atoms with Crippen molar-refractivity contribution in [1.29, 1.82) is 0 Å². The van der Waals surface area contributed by atoms with Gasteiger partial charge in [0.2, 0.25) is 0 Å². The van der Waals surface area contributed by atoms with Crippen LogP contribution in [0.5, 0.6) is 5.75 Å². The molecule has 0 aliphatic carbocycles. The normalized spacial score (nSPS) is 10.2. The zero-order valence-corrected chi connectivity index (χ0v) is 8.92. The minimum Gasteiger partial charge on any atom is -0.508 e. The zero-order valence-electron chi connectivity index (χ0n) is 8.92. The summed E-state index contributed by atoms with van der Waals surface area (Å²) in [5.41, 5.74) is 2.41. The van der Waals surface area contributed by atoms with Crippen molar-refractivity contribution in [3.05, 3.63) is 28.8 Å². The molecule has 14 heavy (non-hydrogen) atoms. The Morgan fingerprint density at radius 2 is 1.93 bits per heavy atom. The summed E-state index contributed by atoms with van der Waals surface area (Å²) < 4.78 is 0. The molecule has 0 aromatic heterocycles. The van der Waals surface area contributed by atoms with E-state index in [1.165, 1.54) is 0 Å². The smallest absolute Gasteiger partial charge is 0.163 e. The Labute approximate surface area is 84.6 Å². The number of hydrogen-bond donors (Lipinski definition) is 1. The molecule has 0 bridgehead atoms. The summed E-state index contributed by atoms with van der Waals surface area (Å²) in [6.07, 6.45) is 1.39. The van der Waals surface area contributed by atoms with Gasteiger partial charge in [0.15, 0.2) is 5.78 Å². The third kappa shape index (κ3) is 2.13. The maximum absolute atomic E-state index is 11.6. The van der Waals surface area contributed by atoms with Gasteiger partial charge < -0.3 is 5.11 Å². The molecule has 0 heterocycles. The average Bonchev–Trinajstić information content (AvgIpc) is 2.11. The van der Waals surface area contributed by atoms with Crippen molar-refractivity contribution in [2.45, 2.75) is 33.6 Å². The number of carbonyl (C=O) groups excluding carboxylic acids is 1. The number of Topliss-reactive ketones (excluding diaryl/α,β-unsaturated/α-hetero) is 1. The maximum Gasteiger partial charge on any atom is 0.163 e. The van der Waals surface area contributed by atoms with Crippen LogP contribution in [0.15, 0.2) is 12.1 Å². The molecule has 0 saturated carbocycles. The second-order valence-corrected chi connectivity index (χ2v) is 3.63. The number of aryl methyl sites for hydroxylation is 2. The summed E-state index contributed by atoms with van der Waals surface area (Å²) in [6.45, 7) is 5.70. The summed E-state index contributed by atoms with van der Waals surface area (Å²) in [7, 11) is 0. The third-order valence-corrected chi connectivity index (χ3v) is 2.32. The van der Waals surface area contributed by atoms with E-state index in [2.05, 4.69) is 0 Å². The summed E-state index contributed by atoms with van der Waals surface area (Å²) >= 11 is 0. The molecule has 0 spiro atoms. The lowest BCUT2D eigenvalue weighted by Gasteiger charge is -2.07. The zero-order chi connectivity index (χ0) is 10.7. The molecular weight excluding hydrogens is 176 g/mol. The van der Waals surface area contributed by atoms with E-state index in [1.54, 1.807) is 6.07 Å². The van der Waals surface area contributed by atoms with E-state index in [-0.39, 0.29) is 11.5 Å². The first-order valence-electron chi connectivity index (χ1n) is 4.89. The molecule has 0 radical (unpaired) electrons. The van der Waals surface area contributed by atoms with Gasteiger partial charge in [-0.1, -0.05) is 13.0 Å². The third-order valence-electron chi connectivity index (χ3n) is 2.32. The van der Waals surface area contributed by atoms with Crippen molar-refractivity contribution in [3.8, 4) is 5.75 Å². The van der Waals surface area contributed by atoms with Gasteiger partial charge in [-0.2, -0.15) is 0 Å². The van der Waals surface area contributed by atoms with Gasteiger partial charge in [0, 0.05) is 12.0 Å². The first kappa shape index (κ1) is 10.8. The van der Waals surface area contributed by atoms with Gasteiger partial charge in [0.05, 0.1) is 0 Å². The SMILES string of the molecule is CCCC(=O)c1cc(O)c(C)cc1C. The fourth-order valence-corrected chi connectivity index (χ4v) is 1.50. The van der Waals surface area contributed by atoms with Gasteiger partial charge >= 0.3 is 0 Å². The Bertz CT molecular complexity index is 354. The Kier molecular flexibility index (Phi) is 3.28. The Balaban J connectivity index is 3.09. The van der Waals surface area contributed by atoms with Crippen LogP contribution in [-0.2, 0) is 0 Å². The molecule has 0 unspecified atom stereocenters. The Hall–Kier alpha value is -1.31. The highest BCUT2D eigenvalue weighted by molar-refractivity contribution is 5.97. The van der Waals surface area contributed by atoms with E-state index in [0.29, 0.717) is 12.0 Å². The summed E-state index contributed by atoms with van der Waals surface area (Å²) in [5.74, 6) is 0.315. The highest BCUT2D eigenvalue weighted by Gasteiger charge is 2.10. The van der Waals surface area contributed by atoms with Crippen molar-refractivity contribution in [3.63, 3.8) is 0 Å². The standard InChI is InChI=1S/C12H16O2/c1-4-5-11(13)10-7-12(14)9(3)6-8(10)2/h6-7,14H,4-5H2,1-3H3. The van der Waals surface area contributed by atoms with Crippen molar-refractivity contribution in [2.24, 2.45) is 0 Å². The van der Waals surface area contributed by atoms with Crippen molar-refractivity contribution >= 4 is 5.78 Å². The van der Waals surface area contributed by atoms with E-state index in [0.717, 1.165) is 17.5 Å². The lowest BCUT2D eigenvalue weighted by molar-refractivity contribution is 0.0981. The summed E-state index contributed by atoms with van der Waals surface area (Å²) in [4.78, 5) is 11.6. The largest absolute Gasteiger partial charge is 0.508 e. The molecule has 0 atom stereocenters. The van der Waals surface area contributed by atoms with Crippen LogP contribution in [0, 0.1) is 13.8 Å². The molecule has 0 saturated heterocycles. The molecule has 76 valence electrons. The highest BCUT2D eigenvalue weighted by Crippen LogP contribution is 2.22. The molecule has 0 amide bonds. The molecular formula is C12H16O2. The quantitative estimate of drug-likeness (QED) is 0.747. The van der Waals surface area contributed by atoms with E-state index < -0.39 is 0 Å². The number of carbonyl (C=O) groups is 1. The van der Waals surface area contributed by atoms with Crippen LogP contribution < -0.4 is 0 Å². The fourth-order valence-electron chi connectivity index (χ4n) is 1.50. The van der Waals surface area contributed by atoms with Gasteiger partial charge in [-0.3, -0.25) is 4.79 Å². The predicted octanol–water partition coefficient (Wildman–Crippen LogP) is 2.99. The summed E-state index contributed by atoms with van der Waals surface area (Å²) in [6, 6.07) is 3.42. The second-order valence-electron chi connectivity index (χ2n) is 3.63. The number of rotatable bonds is 3. The van der Waals surface area contributed by atoms with Gasteiger partial charge in [0.25, 0.3) is 0 Å². The van der Waals surface area contributed by atoms with E-state index in [1.807, 2.05) is 26.8 Å². The monoisotopic (exact) mass is 192 g/mol. The average molecular weight is 192 g/mol. The molecule has 0 fully saturated rings. The van der Waals surface area contributed by atoms with Crippen LogP contribution in [0.4, 0.5) is 0 Å². The van der Waals surface area contributed by atoms with Gasteiger partial charge in [-0.25, -0.2) is 0 Å². The topological polar surface area (TPSA) is 37.3 Å². The molecule has 1 N–H and O–H groups in total. The molecule has 1 rings (SSSR count). The molecule has 0 aliphatic rings. The lowest BCUT2D eigenvalue weighted by atomic mass is 9.99. The van der Waals surface area contributed by atoms with Crippen LogP contribution in [-0.4, -0.2) is 10.9 Å². The van der Waals surface area contributed by atoms with E-state index >= 15 is 0 Å². The van der Waals surface area contributed by atoms with Crippen LogP contribution >= 0.6 is 0 Å². The first-order chi connectivity index (χ1) is 6.56. The minimum atomic E-state index is 0.111. The number of aromatic hydroxyl groups is 1. The maximum atomic E-state index is 11.6. The first-order valence-corrected chi connectivity index (χ1v) is 4.89. The van der Waals surface area contributed by atoms with Crippen molar-refractivity contribution < 1.29 is 9.90 Å². The van der Waals surface area contributed by atoms with Crippen LogP contribution in [0.3, 0.4) is 0 Å². The van der Waals surface area contributed by atoms with E-state index in [4.69, 9.17) is 0 Å². The molecule has 2 heteroatoms. The van der Waals surface area contributed by atoms with Crippen LogP contribution in [0.2, 0.25) is 0 Å². The van der Waals surface area contributed by atoms with Crippen molar-refractivity contribution in [2.75, 3.05) is 0 Å². The van der Waals surface area contributed by atoms with Gasteiger partial charge in [-0.15, -0.1) is 0 Å². The van der Waals surface area contributed by atoms with Crippen LogP contribution in [0.1, 0.15) is 41.3 Å². The highest BCUT2D eigenvalue weighted by atomic mass is 16.3. The lowest BCUT2D eigenvalue weighted by Crippen LogP contribution is -2.01. The van der Waals surface area contributed by atoms with Gasteiger partial charge in [-0.05, 0) is 37.5 Å². The number of phenols is 1. The Morgan fingerprint density at radius 1 is 1.29 bits per heavy atom. The summed E-state index contributed by atoms with van der Waals surface area (Å²) in [5, 5.41) is 9.49. The Morgan fingerprint density at radius 3 is 2.50 bits per heavy atom. The fraction of sp³-hybridized carbons (Fsp3) is 0.417. The minimum absolute atomic E-state index is 0.111. The molecule has 1 aromatic carbocycles. The number of benzene rings is 1. The number of hydrogen-bond acceptors (Lipinski definition) is 2. The number of phenolic OH excluding ortho intramolecular Hbond substituents is 1. The molecule has 2 nitrogen and oxygen atoms in total. The molecule has 1 aromatic rings. The van der Waals surface area contributed by atoms with Crippen molar-refractivity contribution in [1.82, 2.24) is 0 Å². The predicted molar refractivity (Wildman–Crippen MR) is 56.8 cm³/mol. The second kappa shape index (κ2) is 4.27. The van der Waals surface area contributed by atoms with Crippen LogP contribution in [0.25, 0.3) is 0 Å². The van der Waals surface area contributed by atoms with Gasteiger partial charge in [0.1, 0.15) is 5.75 Å². The molecule has 0 aliphatic heterocycles.